The van der Waals surface area contributed by atoms with Crippen molar-refractivity contribution in [1.29, 1.82) is 0 Å². The van der Waals surface area contributed by atoms with E-state index in [1.165, 1.54) is 11.8 Å². The molecular formula is C23H22N4OS. The Bertz CT molecular complexity index is 1150. The molecule has 29 heavy (non-hydrogen) atoms. The van der Waals surface area contributed by atoms with Crippen LogP contribution in [0.2, 0.25) is 0 Å². The number of rotatable bonds is 6. The molecule has 0 unspecified atom stereocenters. The molecule has 0 aliphatic carbocycles. The fourth-order valence-corrected chi connectivity index (χ4v) is 4.30. The molecule has 0 aliphatic heterocycles. The molecule has 5 nitrogen and oxygen atoms in total. The van der Waals surface area contributed by atoms with E-state index < -0.39 is 0 Å². The summed E-state index contributed by atoms with van der Waals surface area (Å²) in [6, 6.07) is 22.0. The van der Waals surface area contributed by atoms with Crippen LogP contribution < -0.4 is 0 Å². The van der Waals surface area contributed by atoms with Crippen molar-refractivity contribution in [3.05, 3.63) is 83.7 Å². The Morgan fingerprint density at radius 1 is 0.966 bits per heavy atom. The molecule has 0 atom stereocenters. The Morgan fingerprint density at radius 2 is 1.62 bits per heavy atom. The van der Waals surface area contributed by atoms with Crippen LogP contribution in [0.15, 0.2) is 71.9 Å². The molecule has 0 saturated carbocycles. The first-order valence-corrected chi connectivity index (χ1v) is 10.4. The molecule has 0 amide bonds. The lowest BCUT2D eigenvalue weighted by Crippen LogP contribution is -2.06. The predicted octanol–water partition coefficient (Wildman–Crippen LogP) is 4.86. The highest BCUT2D eigenvalue weighted by molar-refractivity contribution is 7.99. The molecular weight excluding hydrogens is 380 g/mol. The van der Waals surface area contributed by atoms with Gasteiger partial charge in [-0.2, -0.15) is 0 Å². The van der Waals surface area contributed by atoms with E-state index in [2.05, 4.69) is 14.8 Å². The van der Waals surface area contributed by atoms with E-state index in [1.54, 1.807) is 0 Å². The van der Waals surface area contributed by atoms with Crippen LogP contribution in [0.5, 0.6) is 0 Å². The van der Waals surface area contributed by atoms with Crippen LogP contribution in [0.3, 0.4) is 0 Å². The second-order valence-electron chi connectivity index (χ2n) is 6.90. The zero-order valence-electron chi connectivity index (χ0n) is 16.7. The minimum atomic E-state index is 0.0922. The van der Waals surface area contributed by atoms with E-state index in [9.17, 15) is 4.79 Å². The number of carbonyl (C=O) groups excluding carboxylic acids is 1. The molecule has 2 aromatic carbocycles. The lowest BCUT2D eigenvalue weighted by molar-refractivity contribution is 0.102. The van der Waals surface area contributed by atoms with Crippen LogP contribution in [-0.4, -0.2) is 30.9 Å². The number of hydrogen-bond donors (Lipinski definition) is 0. The van der Waals surface area contributed by atoms with Gasteiger partial charge in [0.25, 0.3) is 0 Å². The summed E-state index contributed by atoms with van der Waals surface area (Å²) >= 11 is 1.42. The molecule has 0 N–H and O–H groups in total. The summed E-state index contributed by atoms with van der Waals surface area (Å²) in [5.74, 6) is 1.21. The van der Waals surface area contributed by atoms with Crippen LogP contribution in [0.1, 0.15) is 21.7 Å². The fourth-order valence-electron chi connectivity index (χ4n) is 3.51. The van der Waals surface area contributed by atoms with Gasteiger partial charge in [0.15, 0.2) is 16.8 Å². The van der Waals surface area contributed by atoms with Crippen molar-refractivity contribution in [2.45, 2.75) is 19.0 Å². The number of nitrogens with zero attached hydrogens (tertiary/aromatic N) is 4. The van der Waals surface area contributed by atoms with E-state index >= 15 is 0 Å². The lowest BCUT2D eigenvalue weighted by Gasteiger charge is -2.09. The van der Waals surface area contributed by atoms with Crippen LogP contribution >= 0.6 is 11.8 Å². The van der Waals surface area contributed by atoms with Crippen LogP contribution in [0.25, 0.3) is 17.1 Å². The van der Waals surface area contributed by atoms with Crippen LogP contribution in [0.4, 0.5) is 0 Å². The smallest absolute Gasteiger partial charge is 0.191 e. The van der Waals surface area contributed by atoms with Crippen molar-refractivity contribution < 1.29 is 4.79 Å². The zero-order valence-corrected chi connectivity index (χ0v) is 17.5. The van der Waals surface area contributed by atoms with E-state index in [4.69, 9.17) is 0 Å². The molecule has 0 saturated heterocycles. The van der Waals surface area contributed by atoms with Gasteiger partial charge in [-0.25, -0.2) is 0 Å². The maximum absolute atomic E-state index is 12.9. The molecule has 4 rings (SSSR count). The first kappa shape index (κ1) is 19.2. The Morgan fingerprint density at radius 3 is 2.31 bits per heavy atom. The predicted molar refractivity (Wildman–Crippen MR) is 117 cm³/mol. The molecule has 6 heteroatoms. The van der Waals surface area contributed by atoms with Gasteiger partial charge in [-0.3, -0.25) is 4.79 Å². The first-order chi connectivity index (χ1) is 14.1. The van der Waals surface area contributed by atoms with Gasteiger partial charge in [0, 0.05) is 35.2 Å². The maximum Gasteiger partial charge on any atom is 0.191 e. The Labute approximate surface area is 174 Å². The number of benzene rings is 2. The minimum absolute atomic E-state index is 0.0922. The molecule has 146 valence electrons. The zero-order chi connectivity index (χ0) is 20.4. The summed E-state index contributed by atoms with van der Waals surface area (Å²) in [5.41, 5.74) is 4.83. The SMILES string of the molecule is Cc1cc(C(=O)CSc2nnc(-c3ccccc3)n2C)c(C)n1-c1ccccc1. The monoisotopic (exact) mass is 402 g/mol. The quantitative estimate of drug-likeness (QED) is 0.341. The van der Waals surface area contributed by atoms with Crippen LogP contribution in [-0.2, 0) is 7.05 Å². The maximum atomic E-state index is 12.9. The Hall–Kier alpha value is -3.12. The van der Waals surface area contributed by atoms with Crippen molar-refractivity contribution in [3.8, 4) is 17.1 Å². The molecule has 2 heterocycles. The second kappa shape index (κ2) is 8.09. The fraction of sp³-hybridized carbons (Fsp3) is 0.174. The van der Waals surface area contributed by atoms with Crippen molar-refractivity contribution in [3.63, 3.8) is 0 Å². The summed E-state index contributed by atoms with van der Waals surface area (Å²) in [7, 11) is 1.93. The average molecular weight is 403 g/mol. The number of hydrogen-bond acceptors (Lipinski definition) is 4. The van der Waals surface area contributed by atoms with Gasteiger partial charge >= 0.3 is 0 Å². The largest absolute Gasteiger partial charge is 0.318 e. The van der Waals surface area contributed by atoms with E-state index in [0.717, 1.165) is 39.2 Å². The van der Waals surface area contributed by atoms with E-state index in [-0.39, 0.29) is 5.78 Å². The minimum Gasteiger partial charge on any atom is -0.318 e. The molecule has 0 radical (unpaired) electrons. The lowest BCUT2D eigenvalue weighted by atomic mass is 10.2. The van der Waals surface area contributed by atoms with E-state index in [1.807, 2.05) is 92.2 Å². The summed E-state index contributed by atoms with van der Waals surface area (Å²) in [6.45, 7) is 4.02. The van der Waals surface area contributed by atoms with Gasteiger partial charge in [-0.05, 0) is 32.0 Å². The Balaban J connectivity index is 1.52. The highest BCUT2D eigenvalue weighted by Crippen LogP contribution is 2.25. The summed E-state index contributed by atoms with van der Waals surface area (Å²) in [6.07, 6.45) is 0. The number of ketones is 1. The van der Waals surface area contributed by atoms with Crippen LogP contribution in [0, 0.1) is 13.8 Å². The van der Waals surface area contributed by atoms with Gasteiger partial charge in [-0.15, -0.1) is 10.2 Å². The number of Topliss-reactive ketones (excluding diaryl/α,β-unsaturated/α-hetero) is 1. The van der Waals surface area contributed by atoms with Crippen molar-refractivity contribution in [2.24, 2.45) is 7.05 Å². The second-order valence-corrected chi connectivity index (χ2v) is 7.84. The van der Waals surface area contributed by atoms with Gasteiger partial charge < -0.3 is 9.13 Å². The molecule has 0 fully saturated rings. The molecule has 0 bridgehead atoms. The first-order valence-electron chi connectivity index (χ1n) is 9.41. The summed E-state index contributed by atoms with van der Waals surface area (Å²) in [4.78, 5) is 12.9. The van der Waals surface area contributed by atoms with E-state index in [0.29, 0.717) is 5.75 Å². The van der Waals surface area contributed by atoms with Crippen molar-refractivity contribution >= 4 is 17.5 Å². The van der Waals surface area contributed by atoms with Gasteiger partial charge in [0.1, 0.15) is 0 Å². The van der Waals surface area contributed by atoms with Gasteiger partial charge in [-0.1, -0.05) is 60.3 Å². The number of carbonyl (C=O) groups is 1. The summed E-state index contributed by atoms with van der Waals surface area (Å²) < 4.78 is 4.05. The molecule has 0 spiro atoms. The summed E-state index contributed by atoms with van der Waals surface area (Å²) in [5, 5.41) is 9.29. The third-order valence-electron chi connectivity index (χ3n) is 4.95. The van der Waals surface area contributed by atoms with Gasteiger partial charge in [0.05, 0.1) is 5.75 Å². The highest BCUT2D eigenvalue weighted by Gasteiger charge is 2.18. The van der Waals surface area contributed by atoms with Crippen molar-refractivity contribution in [2.75, 3.05) is 5.75 Å². The normalized spacial score (nSPS) is 11.0. The Kier molecular flexibility index (Phi) is 5.36. The standard InChI is InChI=1S/C23H22N4OS/c1-16-14-20(17(2)27(16)19-12-8-5-9-13-19)21(28)15-29-23-25-24-22(26(23)3)18-10-6-4-7-11-18/h4-14H,15H2,1-3H3. The number of para-hydroxylation sites is 1. The van der Waals surface area contributed by atoms with Gasteiger partial charge in [0.2, 0.25) is 0 Å². The number of aromatic nitrogens is 4. The third-order valence-corrected chi connectivity index (χ3v) is 5.97. The topological polar surface area (TPSA) is 52.7 Å². The molecule has 0 aliphatic rings. The highest BCUT2D eigenvalue weighted by atomic mass is 32.2. The molecule has 4 aromatic rings. The third kappa shape index (κ3) is 3.76. The number of aryl methyl sites for hydroxylation is 1. The van der Waals surface area contributed by atoms with Crippen molar-refractivity contribution in [1.82, 2.24) is 19.3 Å². The average Bonchev–Trinajstić information content (AvgIpc) is 3.26. The molecule has 2 aromatic heterocycles. The number of thioether (sulfide) groups is 1.